The lowest BCUT2D eigenvalue weighted by atomic mass is 9.89. The average molecular weight is 295 g/mol. The van der Waals surface area contributed by atoms with Crippen LogP contribution in [0.2, 0.25) is 0 Å². The fourth-order valence-corrected chi connectivity index (χ4v) is 2.22. The van der Waals surface area contributed by atoms with Crippen molar-refractivity contribution in [3.8, 4) is 0 Å². The molecule has 0 bridgehead atoms. The second-order valence-corrected chi connectivity index (χ2v) is 6.29. The van der Waals surface area contributed by atoms with Gasteiger partial charge in [-0.05, 0) is 30.9 Å². The largest absolute Gasteiger partial charge is 0.391 e. The number of hydrogen-bond donors (Lipinski definition) is 3. The highest BCUT2D eigenvalue weighted by Crippen LogP contribution is 2.33. The van der Waals surface area contributed by atoms with Gasteiger partial charge in [0.2, 0.25) is 0 Å². The molecule has 1 unspecified atom stereocenters. The number of aliphatic hydroxyl groups is 1. The monoisotopic (exact) mass is 295 g/mol. The van der Waals surface area contributed by atoms with Gasteiger partial charge in [0.15, 0.2) is 0 Å². The lowest BCUT2D eigenvalue weighted by molar-refractivity contribution is -0.383. The van der Waals surface area contributed by atoms with E-state index in [2.05, 4.69) is 10.6 Å². The van der Waals surface area contributed by atoms with Gasteiger partial charge in [-0.1, -0.05) is 26.8 Å². The summed E-state index contributed by atoms with van der Waals surface area (Å²) in [6.07, 6.45) is 0.0770. The number of nitrogens with zero attached hydrogens (tertiary/aromatic N) is 1. The molecule has 0 fully saturated rings. The summed E-state index contributed by atoms with van der Waals surface area (Å²) in [6.45, 7) is 8.92. The summed E-state index contributed by atoms with van der Waals surface area (Å²) in [4.78, 5) is 10.8. The van der Waals surface area contributed by atoms with Gasteiger partial charge < -0.3 is 15.7 Å². The van der Waals surface area contributed by atoms with E-state index in [-0.39, 0.29) is 17.6 Å². The number of benzene rings is 1. The van der Waals surface area contributed by atoms with E-state index < -0.39 is 11.0 Å². The molecule has 1 aromatic carbocycles. The maximum Gasteiger partial charge on any atom is 0.315 e. The molecule has 1 rings (SSSR count). The van der Waals surface area contributed by atoms with Gasteiger partial charge in [0.1, 0.15) is 11.4 Å². The first kappa shape index (κ1) is 17.2. The number of hydrogen-bond acceptors (Lipinski definition) is 5. The van der Waals surface area contributed by atoms with Gasteiger partial charge in [0.05, 0.1) is 11.0 Å². The minimum absolute atomic E-state index is 0.0125. The Morgan fingerprint density at radius 1 is 1.29 bits per heavy atom. The third kappa shape index (κ3) is 5.59. The molecular formula is C15H25N3O3. The minimum atomic E-state index is -0.549. The van der Waals surface area contributed by atoms with Gasteiger partial charge >= 0.3 is 5.69 Å². The fraction of sp³-hybridized carbons (Fsp3) is 0.600. The lowest BCUT2D eigenvalue weighted by Gasteiger charge is -2.22. The van der Waals surface area contributed by atoms with E-state index >= 15 is 0 Å². The van der Waals surface area contributed by atoms with Crippen LogP contribution >= 0.6 is 0 Å². The molecule has 1 aromatic rings. The maximum absolute atomic E-state index is 11.3. The zero-order valence-electron chi connectivity index (χ0n) is 13.1. The summed E-state index contributed by atoms with van der Waals surface area (Å²) in [7, 11) is 0. The molecule has 0 spiro atoms. The summed E-state index contributed by atoms with van der Waals surface area (Å²) < 4.78 is 0. The van der Waals surface area contributed by atoms with Gasteiger partial charge in [-0.15, -0.1) is 0 Å². The molecular weight excluding hydrogens is 270 g/mol. The summed E-state index contributed by atoms with van der Waals surface area (Å²) in [6, 6.07) is 5.09. The van der Waals surface area contributed by atoms with E-state index in [0.717, 1.165) is 0 Å². The Morgan fingerprint density at radius 2 is 1.86 bits per heavy atom. The maximum atomic E-state index is 11.3. The molecule has 6 nitrogen and oxygen atoms in total. The molecule has 3 N–H and O–H groups in total. The highest BCUT2D eigenvalue weighted by molar-refractivity contribution is 5.76. The van der Waals surface area contributed by atoms with E-state index in [4.69, 9.17) is 0 Å². The predicted molar refractivity (Wildman–Crippen MR) is 85.8 cm³/mol. The number of anilines is 2. The molecule has 0 aliphatic rings. The summed E-state index contributed by atoms with van der Waals surface area (Å²) >= 11 is 0. The summed E-state index contributed by atoms with van der Waals surface area (Å²) in [5.41, 5.74) is 0.935. The molecule has 0 saturated carbocycles. The molecule has 21 heavy (non-hydrogen) atoms. The van der Waals surface area contributed by atoms with Gasteiger partial charge in [-0.2, -0.15) is 0 Å². The van der Waals surface area contributed by atoms with Crippen molar-refractivity contribution in [1.82, 2.24) is 0 Å². The Labute approximate surface area is 125 Å². The predicted octanol–water partition coefficient (Wildman–Crippen LogP) is 3.24. The molecule has 0 radical (unpaired) electrons. The molecule has 118 valence electrons. The molecule has 0 aliphatic carbocycles. The average Bonchev–Trinajstić information content (AvgIpc) is 2.34. The van der Waals surface area contributed by atoms with E-state index in [1.54, 1.807) is 18.2 Å². The van der Waals surface area contributed by atoms with E-state index in [0.29, 0.717) is 24.3 Å². The quantitative estimate of drug-likeness (QED) is 0.531. The van der Waals surface area contributed by atoms with Crippen molar-refractivity contribution < 1.29 is 10.0 Å². The van der Waals surface area contributed by atoms with Gasteiger partial charge in [-0.25, -0.2) is 0 Å². The van der Waals surface area contributed by atoms with Crippen LogP contribution in [-0.2, 0) is 0 Å². The van der Waals surface area contributed by atoms with E-state index in [1.165, 1.54) is 0 Å². The van der Waals surface area contributed by atoms with Crippen LogP contribution in [0.15, 0.2) is 18.2 Å². The second kappa shape index (κ2) is 7.26. The normalized spacial score (nSPS) is 12.8. The van der Waals surface area contributed by atoms with Crippen molar-refractivity contribution in [3.05, 3.63) is 28.3 Å². The minimum Gasteiger partial charge on any atom is -0.391 e. The molecule has 0 heterocycles. The van der Waals surface area contributed by atoms with Crippen LogP contribution in [0.3, 0.4) is 0 Å². The first-order valence-corrected chi connectivity index (χ1v) is 7.18. The standard InChI is InChI=1S/C15H25N3O3/c1-5-16-12-7-6-8-13(14(12)18(20)21)17-10-11(19)9-15(2,3)4/h6-8,11,16-17,19H,5,9-10H2,1-4H3. The topological polar surface area (TPSA) is 87.4 Å². The lowest BCUT2D eigenvalue weighted by Crippen LogP contribution is -2.25. The van der Waals surface area contributed by atoms with Gasteiger partial charge in [-0.3, -0.25) is 10.1 Å². The number of nitro benzene ring substituents is 1. The fourth-order valence-electron chi connectivity index (χ4n) is 2.22. The molecule has 0 aromatic heterocycles. The SMILES string of the molecule is CCNc1cccc(NCC(O)CC(C)(C)C)c1[N+](=O)[O-]. The Morgan fingerprint density at radius 3 is 2.33 bits per heavy atom. The van der Waals surface area contributed by atoms with Crippen LogP contribution in [-0.4, -0.2) is 29.2 Å². The van der Waals surface area contributed by atoms with E-state index in [1.807, 2.05) is 27.7 Å². The Hall–Kier alpha value is -1.82. The first-order valence-electron chi connectivity index (χ1n) is 7.18. The molecule has 0 amide bonds. The zero-order chi connectivity index (χ0) is 16.0. The Balaban J connectivity index is 2.83. The number of nitro groups is 1. The molecule has 1 atom stereocenters. The van der Waals surface area contributed by atoms with Crippen molar-refractivity contribution in [1.29, 1.82) is 0 Å². The van der Waals surface area contributed by atoms with Gasteiger partial charge in [0.25, 0.3) is 0 Å². The highest BCUT2D eigenvalue weighted by atomic mass is 16.6. The van der Waals surface area contributed by atoms with Crippen molar-refractivity contribution in [2.24, 2.45) is 5.41 Å². The third-order valence-corrected chi connectivity index (χ3v) is 2.96. The zero-order valence-corrected chi connectivity index (χ0v) is 13.1. The smallest absolute Gasteiger partial charge is 0.315 e. The first-order chi connectivity index (χ1) is 9.74. The number of nitrogens with one attached hydrogen (secondary N) is 2. The van der Waals surface area contributed by atoms with Crippen LogP contribution in [0.1, 0.15) is 34.1 Å². The highest BCUT2D eigenvalue weighted by Gasteiger charge is 2.21. The summed E-state index contributed by atoms with van der Waals surface area (Å²) in [5.74, 6) is 0. The second-order valence-electron chi connectivity index (χ2n) is 6.29. The van der Waals surface area contributed by atoms with Crippen LogP contribution in [0, 0.1) is 15.5 Å². The van der Waals surface area contributed by atoms with Gasteiger partial charge in [0, 0.05) is 13.1 Å². The number of aliphatic hydroxyl groups excluding tert-OH is 1. The van der Waals surface area contributed by atoms with Crippen LogP contribution < -0.4 is 10.6 Å². The number of para-hydroxylation sites is 1. The van der Waals surface area contributed by atoms with Crippen LogP contribution in [0.4, 0.5) is 17.1 Å². The molecule has 0 saturated heterocycles. The number of rotatable bonds is 7. The summed E-state index contributed by atoms with van der Waals surface area (Å²) in [5, 5.41) is 27.2. The Bertz CT molecular complexity index is 484. The van der Waals surface area contributed by atoms with E-state index in [9.17, 15) is 15.2 Å². The van der Waals surface area contributed by atoms with Crippen LogP contribution in [0.25, 0.3) is 0 Å². The molecule has 6 heteroatoms. The van der Waals surface area contributed by atoms with Crippen molar-refractivity contribution in [3.63, 3.8) is 0 Å². The Kier molecular flexibility index (Phi) is 5.96. The van der Waals surface area contributed by atoms with Crippen LogP contribution in [0.5, 0.6) is 0 Å². The van der Waals surface area contributed by atoms with Crippen molar-refractivity contribution in [2.75, 3.05) is 23.7 Å². The third-order valence-electron chi connectivity index (χ3n) is 2.96. The molecule has 0 aliphatic heterocycles. The van der Waals surface area contributed by atoms with Crippen molar-refractivity contribution in [2.45, 2.75) is 40.2 Å². The van der Waals surface area contributed by atoms with Crippen molar-refractivity contribution >= 4 is 17.1 Å².